The second kappa shape index (κ2) is 6.13. The van der Waals surface area contributed by atoms with Crippen LogP contribution >= 0.6 is 15.9 Å². The molecule has 1 unspecified atom stereocenters. The van der Waals surface area contributed by atoms with Gasteiger partial charge in [0.1, 0.15) is 5.82 Å². The summed E-state index contributed by atoms with van der Waals surface area (Å²) >= 11 is 3.20. The van der Waals surface area contributed by atoms with Gasteiger partial charge in [0.05, 0.1) is 11.6 Å². The van der Waals surface area contributed by atoms with Gasteiger partial charge in [-0.1, -0.05) is 28.1 Å². The topological polar surface area (TPSA) is 38.0 Å². The minimum absolute atomic E-state index is 0.159. The van der Waals surface area contributed by atoms with E-state index in [4.69, 9.17) is 5.84 Å². The highest BCUT2D eigenvalue weighted by Gasteiger charge is 2.31. The maximum atomic E-state index is 13.9. The lowest BCUT2D eigenvalue weighted by atomic mass is 9.97. The number of halogens is 5. The van der Waals surface area contributed by atoms with E-state index >= 15 is 0 Å². The first-order valence-electron chi connectivity index (χ1n) is 5.91. The minimum atomic E-state index is -4.47. The molecule has 0 saturated carbocycles. The van der Waals surface area contributed by atoms with Crippen LogP contribution in [-0.4, -0.2) is 0 Å². The predicted molar refractivity (Wildman–Crippen MR) is 74.7 cm³/mol. The van der Waals surface area contributed by atoms with Crippen molar-refractivity contribution in [1.29, 1.82) is 0 Å². The van der Waals surface area contributed by atoms with Gasteiger partial charge in [-0.05, 0) is 35.9 Å². The predicted octanol–water partition coefficient (Wildman–Crippen LogP) is 4.16. The van der Waals surface area contributed by atoms with Crippen molar-refractivity contribution in [3.8, 4) is 0 Å². The lowest BCUT2D eigenvalue weighted by Gasteiger charge is -2.19. The van der Waals surface area contributed by atoms with Crippen molar-refractivity contribution in [2.24, 2.45) is 5.84 Å². The first kappa shape index (κ1) is 15.9. The highest BCUT2D eigenvalue weighted by Crippen LogP contribution is 2.33. The van der Waals surface area contributed by atoms with Crippen molar-refractivity contribution >= 4 is 15.9 Å². The van der Waals surface area contributed by atoms with E-state index in [0.29, 0.717) is 4.47 Å². The van der Waals surface area contributed by atoms with Crippen molar-refractivity contribution in [2.75, 3.05) is 0 Å². The Balaban J connectivity index is 2.49. The van der Waals surface area contributed by atoms with Gasteiger partial charge in [0.2, 0.25) is 0 Å². The van der Waals surface area contributed by atoms with Gasteiger partial charge in [0, 0.05) is 10.0 Å². The highest BCUT2D eigenvalue weighted by molar-refractivity contribution is 9.10. The summed E-state index contributed by atoms with van der Waals surface area (Å²) in [5.41, 5.74) is 1.93. The largest absolute Gasteiger partial charge is 0.416 e. The van der Waals surface area contributed by atoms with Crippen LogP contribution in [-0.2, 0) is 6.18 Å². The van der Waals surface area contributed by atoms with Crippen molar-refractivity contribution < 1.29 is 17.6 Å². The quantitative estimate of drug-likeness (QED) is 0.488. The maximum Gasteiger partial charge on any atom is 0.416 e. The van der Waals surface area contributed by atoms with Gasteiger partial charge < -0.3 is 0 Å². The average Bonchev–Trinajstić information content (AvgIpc) is 2.43. The molecule has 2 rings (SSSR count). The standard InChI is InChI=1S/C14H11BrF4N2/c15-10-4-5-12(16)11(7-10)13(21-20)8-2-1-3-9(6-8)14(17,18)19/h1-7,13,21H,20H2. The van der Waals surface area contributed by atoms with Crippen molar-refractivity contribution in [3.63, 3.8) is 0 Å². The summed E-state index contributed by atoms with van der Waals surface area (Å²) < 4.78 is 52.7. The van der Waals surface area contributed by atoms with E-state index in [0.717, 1.165) is 12.1 Å². The molecule has 0 aliphatic carbocycles. The molecule has 0 spiro atoms. The Morgan fingerprint density at radius 2 is 1.81 bits per heavy atom. The Labute approximate surface area is 127 Å². The zero-order chi connectivity index (χ0) is 15.6. The fourth-order valence-corrected chi connectivity index (χ4v) is 2.37. The SMILES string of the molecule is NNC(c1cccc(C(F)(F)F)c1)c1cc(Br)ccc1F. The van der Waals surface area contributed by atoms with E-state index in [1.807, 2.05) is 0 Å². The number of nitrogens with two attached hydrogens (primary N) is 1. The Hall–Kier alpha value is -1.44. The van der Waals surface area contributed by atoms with Crippen LogP contribution in [0.15, 0.2) is 46.9 Å². The zero-order valence-electron chi connectivity index (χ0n) is 10.6. The molecule has 112 valence electrons. The van der Waals surface area contributed by atoms with Crippen LogP contribution in [0.4, 0.5) is 17.6 Å². The summed E-state index contributed by atoms with van der Waals surface area (Å²) in [4.78, 5) is 0. The molecule has 2 aromatic carbocycles. The Bertz CT molecular complexity index is 643. The van der Waals surface area contributed by atoms with E-state index in [1.54, 1.807) is 0 Å². The van der Waals surface area contributed by atoms with Gasteiger partial charge in [-0.25, -0.2) is 9.82 Å². The lowest BCUT2D eigenvalue weighted by molar-refractivity contribution is -0.137. The number of hydrogen-bond donors (Lipinski definition) is 2. The van der Waals surface area contributed by atoms with Crippen LogP contribution in [0.25, 0.3) is 0 Å². The molecule has 0 aromatic heterocycles. The average molecular weight is 363 g/mol. The second-order valence-electron chi connectivity index (χ2n) is 4.39. The van der Waals surface area contributed by atoms with Crippen LogP contribution in [0, 0.1) is 5.82 Å². The minimum Gasteiger partial charge on any atom is -0.271 e. The smallest absolute Gasteiger partial charge is 0.271 e. The van der Waals surface area contributed by atoms with Gasteiger partial charge in [-0.15, -0.1) is 0 Å². The van der Waals surface area contributed by atoms with Gasteiger partial charge in [-0.2, -0.15) is 13.2 Å². The fraction of sp³-hybridized carbons (Fsp3) is 0.143. The van der Waals surface area contributed by atoms with Gasteiger partial charge in [-0.3, -0.25) is 5.84 Å². The van der Waals surface area contributed by atoms with Crippen molar-refractivity contribution in [2.45, 2.75) is 12.2 Å². The molecule has 0 saturated heterocycles. The van der Waals surface area contributed by atoms with Crippen LogP contribution in [0.3, 0.4) is 0 Å². The second-order valence-corrected chi connectivity index (χ2v) is 5.30. The molecule has 1 atom stereocenters. The summed E-state index contributed by atoms with van der Waals surface area (Å²) in [7, 11) is 0. The van der Waals surface area contributed by atoms with E-state index in [-0.39, 0.29) is 11.1 Å². The summed E-state index contributed by atoms with van der Waals surface area (Å²) in [5, 5.41) is 0. The Morgan fingerprint density at radius 3 is 2.43 bits per heavy atom. The number of nitrogens with one attached hydrogen (secondary N) is 1. The molecule has 0 bridgehead atoms. The molecule has 0 radical (unpaired) electrons. The highest BCUT2D eigenvalue weighted by atomic mass is 79.9. The number of hydrogen-bond acceptors (Lipinski definition) is 2. The molecule has 0 amide bonds. The van der Waals surface area contributed by atoms with E-state index in [2.05, 4.69) is 21.4 Å². The van der Waals surface area contributed by atoms with Crippen molar-refractivity contribution in [1.82, 2.24) is 5.43 Å². The van der Waals surface area contributed by atoms with E-state index in [9.17, 15) is 17.6 Å². The van der Waals surface area contributed by atoms with Crippen LogP contribution in [0.1, 0.15) is 22.7 Å². The van der Waals surface area contributed by atoms with E-state index < -0.39 is 23.6 Å². The van der Waals surface area contributed by atoms with Gasteiger partial charge in [0.15, 0.2) is 0 Å². The maximum absolute atomic E-state index is 13.9. The van der Waals surface area contributed by atoms with Gasteiger partial charge in [0.25, 0.3) is 0 Å². The monoisotopic (exact) mass is 362 g/mol. The van der Waals surface area contributed by atoms with E-state index in [1.165, 1.54) is 30.3 Å². The normalized spacial score (nSPS) is 13.2. The molecule has 21 heavy (non-hydrogen) atoms. The third kappa shape index (κ3) is 3.61. The molecule has 2 nitrogen and oxygen atoms in total. The summed E-state index contributed by atoms with van der Waals surface area (Å²) in [6.07, 6.45) is -4.47. The summed E-state index contributed by atoms with van der Waals surface area (Å²) in [6.45, 7) is 0. The zero-order valence-corrected chi connectivity index (χ0v) is 12.2. The summed E-state index contributed by atoms with van der Waals surface area (Å²) in [5.74, 6) is 4.84. The number of rotatable bonds is 3. The van der Waals surface area contributed by atoms with Crippen molar-refractivity contribution in [3.05, 3.63) is 69.4 Å². The van der Waals surface area contributed by atoms with Gasteiger partial charge >= 0.3 is 6.18 Å². The van der Waals surface area contributed by atoms with Crippen LogP contribution in [0.2, 0.25) is 0 Å². The molecule has 3 N–H and O–H groups in total. The number of hydrazine groups is 1. The molecular formula is C14H11BrF4N2. The first-order chi connectivity index (χ1) is 9.82. The number of benzene rings is 2. The summed E-state index contributed by atoms with van der Waals surface area (Å²) in [6, 6.07) is 7.93. The first-order valence-corrected chi connectivity index (χ1v) is 6.70. The van der Waals surface area contributed by atoms with Crippen LogP contribution < -0.4 is 11.3 Å². The molecule has 0 fully saturated rings. The molecule has 0 heterocycles. The molecular weight excluding hydrogens is 352 g/mol. The lowest BCUT2D eigenvalue weighted by Crippen LogP contribution is -2.29. The fourth-order valence-electron chi connectivity index (χ4n) is 2.00. The number of alkyl halides is 3. The Morgan fingerprint density at radius 1 is 1.10 bits per heavy atom. The molecule has 2 aromatic rings. The molecule has 0 aliphatic heterocycles. The molecule has 0 aliphatic rings. The van der Waals surface area contributed by atoms with Crippen LogP contribution in [0.5, 0.6) is 0 Å². The third-order valence-electron chi connectivity index (χ3n) is 2.98. The third-order valence-corrected chi connectivity index (χ3v) is 3.48. The Kier molecular flexibility index (Phi) is 4.65. The molecule has 7 heteroatoms.